The number of hydrogen-bond acceptors (Lipinski definition) is 1. The van der Waals surface area contributed by atoms with Crippen LogP contribution >= 0.6 is 0 Å². The molecule has 1 nitrogen and oxygen atoms in total. The lowest BCUT2D eigenvalue weighted by Crippen LogP contribution is -1.91. The first-order valence-electron chi connectivity index (χ1n) is 3.14. The van der Waals surface area contributed by atoms with Crippen molar-refractivity contribution in [2.75, 3.05) is 0 Å². The second-order valence-electron chi connectivity index (χ2n) is 2.12. The van der Waals surface area contributed by atoms with Crippen LogP contribution in [0.25, 0.3) is 0 Å². The standard InChI is InChI=1S/C8H9N/c9-7-6-8-4-2-1-3-5-8/h2-5,8H,1,6H2. The molecule has 0 amide bonds. The van der Waals surface area contributed by atoms with Gasteiger partial charge in [0.1, 0.15) is 0 Å². The van der Waals surface area contributed by atoms with Crippen molar-refractivity contribution in [2.45, 2.75) is 12.8 Å². The first kappa shape index (κ1) is 6.10. The molecule has 1 aliphatic rings. The lowest BCUT2D eigenvalue weighted by Gasteiger charge is -2.03. The molecule has 0 N–H and O–H groups in total. The molecule has 9 heavy (non-hydrogen) atoms. The Morgan fingerprint density at radius 2 is 2.11 bits per heavy atom. The lowest BCUT2D eigenvalue weighted by molar-refractivity contribution is 0.823. The summed E-state index contributed by atoms with van der Waals surface area (Å²) in [5.41, 5.74) is 0. The van der Waals surface area contributed by atoms with Crippen molar-refractivity contribution in [2.24, 2.45) is 5.92 Å². The quantitative estimate of drug-likeness (QED) is 0.484. The van der Waals surface area contributed by atoms with Crippen LogP contribution in [-0.4, -0.2) is 0 Å². The molecular formula is C8H9N. The van der Waals surface area contributed by atoms with E-state index in [4.69, 9.17) is 5.26 Å². The highest BCUT2D eigenvalue weighted by atomic mass is 14.2. The maximum absolute atomic E-state index is 8.30. The van der Waals surface area contributed by atoms with Gasteiger partial charge in [0.25, 0.3) is 0 Å². The first-order valence-corrected chi connectivity index (χ1v) is 3.14. The predicted octanol–water partition coefficient (Wildman–Crippen LogP) is 2.03. The van der Waals surface area contributed by atoms with Gasteiger partial charge < -0.3 is 0 Å². The van der Waals surface area contributed by atoms with Gasteiger partial charge in [-0.1, -0.05) is 24.3 Å². The Bertz CT molecular complexity index is 159. The molecule has 0 bridgehead atoms. The van der Waals surface area contributed by atoms with Crippen LogP contribution in [0.5, 0.6) is 0 Å². The lowest BCUT2D eigenvalue weighted by atomic mass is 10.0. The van der Waals surface area contributed by atoms with Gasteiger partial charge in [0.15, 0.2) is 0 Å². The van der Waals surface area contributed by atoms with Crippen LogP contribution < -0.4 is 0 Å². The van der Waals surface area contributed by atoms with Gasteiger partial charge in [-0.05, 0) is 6.42 Å². The molecule has 0 saturated heterocycles. The van der Waals surface area contributed by atoms with Crippen LogP contribution in [0.1, 0.15) is 12.8 Å². The Balaban J connectivity index is 2.42. The van der Waals surface area contributed by atoms with Crippen LogP contribution in [0.2, 0.25) is 0 Å². The summed E-state index contributed by atoms with van der Waals surface area (Å²) in [5, 5.41) is 8.30. The van der Waals surface area contributed by atoms with Gasteiger partial charge in [0.2, 0.25) is 0 Å². The minimum Gasteiger partial charge on any atom is -0.198 e. The molecular weight excluding hydrogens is 110 g/mol. The molecule has 1 heteroatoms. The van der Waals surface area contributed by atoms with Crippen LogP contribution in [-0.2, 0) is 0 Å². The highest BCUT2D eigenvalue weighted by molar-refractivity contribution is 5.10. The Hall–Kier alpha value is -1.03. The van der Waals surface area contributed by atoms with E-state index in [2.05, 4.69) is 30.4 Å². The van der Waals surface area contributed by atoms with Gasteiger partial charge in [-0.25, -0.2) is 0 Å². The van der Waals surface area contributed by atoms with Gasteiger partial charge in [-0.2, -0.15) is 5.26 Å². The third-order valence-electron chi connectivity index (χ3n) is 1.37. The molecule has 0 aliphatic heterocycles. The Kier molecular flexibility index (Phi) is 2.09. The van der Waals surface area contributed by atoms with E-state index in [0.717, 1.165) is 6.42 Å². The van der Waals surface area contributed by atoms with Crippen LogP contribution in [0, 0.1) is 17.2 Å². The van der Waals surface area contributed by atoms with Crippen LogP contribution in [0.15, 0.2) is 24.3 Å². The highest BCUT2D eigenvalue weighted by Crippen LogP contribution is 2.11. The monoisotopic (exact) mass is 119 g/mol. The second-order valence-corrected chi connectivity index (χ2v) is 2.12. The van der Waals surface area contributed by atoms with E-state index in [1.54, 1.807) is 0 Å². The van der Waals surface area contributed by atoms with E-state index >= 15 is 0 Å². The van der Waals surface area contributed by atoms with Gasteiger partial charge in [0.05, 0.1) is 6.07 Å². The van der Waals surface area contributed by atoms with Gasteiger partial charge in [-0.3, -0.25) is 0 Å². The molecule has 0 unspecified atom stereocenters. The zero-order valence-electron chi connectivity index (χ0n) is 5.25. The van der Waals surface area contributed by atoms with Crippen LogP contribution in [0.3, 0.4) is 0 Å². The van der Waals surface area contributed by atoms with E-state index in [9.17, 15) is 0 Å². The normalized spacial score (nSPS) is 17.7. The first-order chi connectivity index (χ1) is 4.43. The van der Waals surface area contributed by atoms with Crippen molar-refractivity contribution in [1.82, 2.24) is 0 Å². The fraction of sp³-hybridized carbons (Fsp3) is 0.375. The molecule has 0 aromatic rings. The average Bonchev–Trinajstić information content (AvgIpc) is 1.91. The summed E-state index contributed by atoms with van der Waals surface area (Å²) in [4.78, 5) is 0. The van der Waals surface area contributed by atoms with Crippen molar-refractivity contribution >= 4 is 0 Å². The molecule has 0 aromatic heterocycles. The number of rotatable bonds is 1. The third-order valence-corrected chi connectivity index (χ3v) is 1.37. The molecule has 1 rings (SSSR count). The van der Waals surface area contributed by atoms with Crippen LogP contribution in [0.4, 0.5) is 0 Å². The van der Waals surface area contributed by atoms with E-state index in [0.29, 0.717) is 12.3 Å². The van der Waals surface area contributed by atoms with E-state index in [1.807, 2.05) is 0 Å². The molecule has 0 heterocycles. The molecule has 0 radical (unpaired) electrons. The summed E-state index contributed by atoms with van der Waals surface area (Å²) < 4.78 is 0. The summed E-state index contributed by atoms with van der Waals surface area (Å²) in [5.74, 6) is 0.378. The molecule has 0 aromatic carbocycles. The number of allylic oxidation sites excluding steroid dienone is 4. The number of hydrogen-bond donors (Lipinski definition) is 0. The fourth-order valence-corrected chi connectivity index (χ4v) is 0.891. The highest BCUT2D eigenvalue weighted by Gasteiger charge is 1.99. The molecule has 0 atom stereocenters. The minimum atomic E-state index is 0.378. The second kappa shape index (κ2) is 3.09. The molecule has 0 saturated carbocycles. The Morgan fingerprint density at radius 1 is 1.44 bits per heavy atom. The van der Waals surface area contributed by atoms with Gasteiger partial charge in [0, 0.05) is 12.3 Å². The average molecular weight is 119 g/mol. The maximum atomic E-state index is 8.30. The van der Waals surface area contributed by atoms with Gasteiger partial charge in [-0.15, -0.1) is 0 Å². The number of nitriles is 1. The molecule has 0 fully saturated rings. The molecule has 1 aliphatic carbocycles. The van der Waals surface area contributed by atoms with Crippen molar-refractivity contribution in [3.05, 3.63) is 24.3 Å². The molecule has 46 valence electrons. The van der Waals surface area contributed by atoms with Crippen molar-refractivity contribution in [3.8, 4) is 6.07 Å². The summed E-state index contributed by atoms with van der Waals surface area (Å²) >= 11 is 0. The van der Waals surface area contributed by atoms with Crippen molar-refractivity contribution in [3.63, 3.8) is 0 Å². The third kappa shape index (κ3) is 1.73. The van der Waals surface area contributed by atoms with Gasteiger partial charge >= 0.3 is 0 Å². The zero-order valence-corrected chi connectivity index (χ0v) is 5.25. The topological polar surface area (TPSA) is 23.8 Å². The fourth-order valence-electron chi connectivity index (χ4n) is 0.891. The Labute approximate surface area is 55.3 Å². The minimum absolute atomic E-state index is 0.378. The summed E-state index contributed by atoms with van der Waals surface area (Å²) in [7, 11) is 0. The smallest absolute Gasteiger partial charge is 0.0631 e. The predicted molar refractivity (Wildman–Crippen MR) is 36.6 cm³/mol. The molecule has 0 spiro atoms. The summed E-state index contributed by atoms with van der Waals surface area (Å²) in [6, 6.07) is 2.13. The SMILES string of the molecule is N#CCC1C=CCC=C1. The Morgan fingerprint density at radius 3 is 2.67 bits per heavy atom. The maximum Gasteiger partial charge on any atom is 0.0631 e. The van der Waals surface area contributed by atoms with E-state index in [-0.39, 0.29) is 0 Å². The van der Waals surface area contributed by atoms with Crippen molar-refractivity contribution < 1.29 is 0 Å². The van der Waals surface area contributed by atoms with Crippen molar-refractivity contribution in [1.29, 1.82) is 5.26 Å². The van der Waals surface area contributed by atoms with E-state index < -0.39 is 0 Å². The summed E-state index contributed by atoms with van der Waals surface area (Å²) in [6.07, 6.45) is 10.0. The van der Waals surface area contributed by atoms with E-state index in [1.165, 1.54) is 0 Å². The largest absolute Gasteiger partial charge is 0.198 e. The zero-order chi connectivity index (χ0) is 6.53. The number of nitrogens with zero attached hydrogens (tertiary/aromatic N) is 1. The summed E-state index contributed by atoms with van der Waals surface area (Å²) in [6.45, 7) is 0.